The first kappa shape index (κ1) is 21.4. The van der Waals surface area contributed by atoms with E-state index in [2.05, 4.69) is 12.2 Å². The number of nitrogens with one attached hydrogen (secondary N) is 1. The highest BCUT2D eigenvalue weighted by Gasteiger charge is 2.36. The Morgan fingerprint density at radius 3 is 2.37 bits per heavy atom. The first-order valence-corrected chi connectivity index (χ1v) is 9.95. The van der Waals surface area contributed by atoms with Crippen LogP contribution in [0.4, 0.5) is 5.69 Å². The molecule has 7 nitrogen and oxygen atoms in total. The fourth-order valence-electron chi connectivity index (χ4n) is 3.28. The van der Waals surface area contributed by atoms with Crippen molar-refractivity contribution in [3.05, 3.63) is 59.7 Å². The smallest absolute Gasteiger partial charge is 0.311 e. The second kappa shape index (κ2) is 9.91. The van der Waals surface area contributed by atoms with Gasteiger partial charge >= 0.3 is 5.97 Å². The fourth-order valence-corrected chi connectivity index (χ4v) is 3.28. The number of benzene rings is 2. The van der Waals surface area contributed by atoms with Crippen molar-refractivity contribution in [2.45, 2.75) is 26.3 Å². The third kappa shape index (κ3) is 5.37. The molecule has 0 aliphatic carbocycles. The molecule has 0 unspecified atom stereocenters. The largest absolute Gasteiger partial charge is 0.497 e. The molecule has 7 heteroatoms. The summed E-state index contributed by atoms with van der Waals surface area (Å²) in [5.74, 6) is -0.880. The van der Waals surface area contributed by atoms with Gasteiger partial charge in [0, 0.05) is 25.2 Å². The molecule has 1 N–H and O–H groups in total. The number of ether oxygens (including phenoxy) is 2. The van der Waals surface area contributed by atoms with Gasteiger partial charge in [-0.05, 0) is 41.8 Å². The van der Waals surface area contributed by atoms with E-state index in [1.54, 1.807) is 24.1 Å². The highest BCUT2D eigenvalue weighted by Crippen LogP contribution is 2.26. The van der Waals surface area contributed by atoms with E-state index in [-0.39, 0.29) is 25.5 Å². The van der Waals surface area contributed by atoms with Crippen LogP contribution in [0.2, 0.25) is 0 Å². The summed E-state index contributed by atoms with van der Waals surface area (Å²) in [7, 11) is 1.59. The standard InChI is InChI=1S/C23H26N2O5/c1-3-16-4-8-19(9-5-16)25-14-18(12-22(25)27)23(28)30-15-21(26)24-13-17-6-10-20(29-2)11-7-17/h4-11,18H,3,12-15H2,1-2H3,(H,24,26)/t18-/m1/s1. The molecule has 0 saturated carbocycles. The quantitative estimate of drug-likeness (QED) is 0.676. The van der Waals surface area contributed by atoms with Crippen LogP contribution in [0.5, 0.6) is 5.75 Å². The molecule has 2 amide bonds. The van der Waals surface area contributed by atoms with Gasteiger partial charge in [-0.1, -0.05) is 31.2 Å². The van der Waals surface area contributed by atoms with Crippen LogP contribution in [0.15, 0.2) is 48.5 Å². The summed E-state index contributed by atoms with van der Waals surface area (Å²) < 4.78 is 10.2. The molecule has 0 spiro atoms. The van der Waals surface area contributed by atoms with Crippen LogP contribution in [0.1, 0.15) is 24.5 Å². The number of nitrogens with zero attached hydrogens (tertiary/aromatic N) is 1. The molecule has 2 aromatic carbocycles. The van der Waals surface area contributed by atoms with Crippen LogP contribution in [-0.4, -0.2) is 38.0 Å². The van der Waals surface area contributed by atoms with Crippen molar-refractivity contribution in [1.29, 1.82) is 0 Å². The maximum atomic E-state index is 12.3. The van der Waals surface area contributed by atoms with Crippen molar-refractivity contribution in [3.63, 3.8) is 0 Å². The second-order valence-corrected chi connectivity index (χ2v) is 7.16. The van der Waals surface area contributed by atoms with Crippen LogP contribution >= 0.6 is 0 Å². The second-order valence-electron chi connectivity index (χ2n) is 7.16. The van der Waals surface area contributed by atoms with Gasteiger partial charge in [0.2, 0.25) is 5.91 Å². The SMILES string of the molecule is CCc1ccc(N2C[C@H](C(=O)OCC(=O)NCc3ccc(OC)cc3)CC2=O)cc1. The maximum absolute atomic E-state index is 12.3. The lowest BCUT2D eigenvalue weighted by Crippen LogP contribution is -2.31. The average Bonchev–Trinajstić information content (AvgIpc) is 3.18. The first-order valence-electron chi connectivity index (χ1n) is 9.95. The van der Waals surface area contributed by atoms with Gasteiger partial charge in [-0.3, -0.25) is 14.4 Å². The van der Waals surface area contributed by atoms with Gasteiger partial charge in [0.1, 0.15) is 5.75 Å². The van der Waals surface area contributed by atoms with Crippen molar-refractivity contribution in [2.24, 2.45) is 5.92 Å². The number of carbonyl (C=O) groups is 3. The number of carbonyl (C=O) groups excluding carboxylic acids is 3. The number of esters is 1. The zero-order valence-electron chi connectivity index (χ0n) is 17.2. The molecule has 158 valence electrons. The van der Waals surface area contributed by atoms with E-state index in [0.29, 0.717) is 6.54 Å². The lowest BCUT2D eigenvalue weighted by Gasteiger charge is -2.17. The van der Waals surface area contributed by atoms with E-state index in [0.717, 1.165) is 23.4 Å². The van der Waals surface area contributed by atoms with Crippen molar-refractivity contribution < 1.29 is 23.9 Å². The number of methoxy groups -OCH3 is 1. The minimum Gasteiger partial charge on any atom is -0.497 e. The van der Waals surface area contributed by atoms with E-state index in [1.165, 1.54) is 5.56 Å². The van der Waals surface area contributed by atoms with E-state index < -0.39 is 17.8 Å². The predicted octanol–water partition coefficient (Wildman–Crippen LogP) is 2.47. The van der Waals surface area contributed by atoms with Crippen molar-refractivity contribution in [2.75, 3.05) is 25.2 Å². The maximum Gasteiger partial charge on any atom is 0.311 e. The summed E-state index contributed by atoms with van der Waals surface area (Å²) >= 11 is 0. The Labute approximate surface area is 176 Å². The Balaban J connectivity index is 1.45. The first-order chi connectivity index (χ1) is 14.5. The molecule has 1 aliphatic heterocycles. The third-order valence-electron chi connectivity index (χ3n) is 5.11. The van der Waals surface area contributed by atoms with Crippen LogP contribution in [0.25, 0.3) is 0 Å². The number of amides is 2. The minimum atomic E-state index is -0.572. The van der Waals surface area contributed by atoms with E-state index in [9.17, 15) is 14.4 Å². The Hall–Kier alpha value is -3.35. The highest BCUT2D eigenvalue weighted by molar-refractivity contribution is 5.99. The number of rotatable bonds is 8. The van der Waals surface area contributed by atoms with E-state index in [4.69, 9.17) is 9.47 Å². The summed E-state index contributed by atoms with van der Waals surface area (Å²) in [5, 5.41) is 2.70. The fraction of sp³-hybridized carbons (Fsp3) is 0.348. The van der Waals surface area contributed by atoms with Crippen molar-refractivity contribution in [1.82, 2.24) is 5.32 Å². The molecule has 1 saturated heterocycles. The molecule has 0 radical (unpaired) electrons. The van der Waals surface area contributed by atoms with Gasteiger partial charge in [-0.15, -0.1) is 0 Å². The molecule has 30 heavy (non-hydrogen) atoms. The average molecular weight is 410 g/mol. The van der Waals surface area contributed by atoms with E-state index in [1.807, 2.05) is 36.4 Å². The number of hydrogen-bond donors (Lipinski definition) is 1. The Morgan fingerprint density at radius 1 is 1.07 bits per heavy atom. The molecule has 1 aliphatic rings. The third-order valence-corrected chi connectivity index (χ3v) is 5.11. The lowest BCUT2D eigenvalue weighted by atomic mass is 10.1. The zero-order chi connectivity index (χ0) is 21.5. The van der Waals surface area contributed by atoms with E-state index >= 15 is 0 Å². The highest BCUT2D eigenvalue weighted by atomic mass is 16.5. The van der Waals surface area contributed by atoms with Gasteiger partial charge in [0.05, 0.1) is 13.0 Å². The molecular weight excluding hydrogens is 384 g/mol. The Morgan fingerprint density at radius 2 is 1.73 bits per heavy atom. The molecule has 0 bridgehead atoms. The summed E-state index contributed by atoms with van der Waals surface area (Å²) in [6.45, 7) is 2.28. The number of anilines is 1. The van der Waals surface area contributed by atoms with Crippen molar-refractivity contribution >= 4 is 23.5 Å². The van der Waals surface area contributed by atoms with Gasteiger partial charge in [-0.2, -0.15) is 0 Å². The van der Waals surface area contributed by atoms with Crippen LogP contribution in [0, 0.1) is 5.92 Å². The molecular formula is C23H26N2O5. The van der Waals surface area contributed by atoms with Crippen LogP contribution in [0.3, 0.4) is 0 Å². The Bertz CT molecular complexity index is 893. The number of hydrogen-bond acceptors (Lipinski definition) is 5. The monoisotopic (exact) mass is 410 g/mol. The summed E-state index contributed by atoms with van der Waals surface area (Å²) in [5.41, 5.74) is 2.85. The predicted molar refractivity (Wildman–Crippen MR) is 112 cm³/mol. The summed E-state index contributed by atoms with van der Waals surface area (Å²) in [6, 6.07) is 15.0. The summed E-state index contributed by atoms with van der Waals surface area (Å²) in [6.07, 6.45) is 1.01. The van der Waals surface area contributed by atoms with Crippen LogP contribution < -0.4 is 15.0 Å². The van der Waals surface area contributed by atoms with Gasteiger partial charge in [0.15, 0.2) is 6.61 Å². The van der Waals surface area contributed by atoms with Crippen LogP contribution in [-0.2, 0) is 32.1 Å². The lowest BCUT2D eigenvalue weighted by molar-refractivity contribution is -0.152. The molecule has 0 aromatic heterocycles. The molecule has 3 rings (SSSR count). The normalized spacial score (nSPS) is 15.7. The number of aryl methyl sites for hydroxylation is 1. The topological polar surface area (TPSA) is 84.9 Å². The Kier molecular flexibility index (Phi) is 7.06. The van der Waals surface area contributed by atoms with Crippen molar-refractivity contribution in [3.8, 4) is 5.75 Å². The molecule has 1 heterocycles. The van der Waals surface area contributed by atoms with Gasteiger partial charge in [-0.25, -0.2) is 0 Å². The minimum absolute atomic E-state index is 0.0851. The zero-order valence-corrected chi connectivity index (χ0v) is 17.2. The molecule has 2 aromatic rings. The molecule has 1 fully saturated rings. The van der Waals surface area contributed by atoms with Gasteiger partial charge in [0.25, 0.3) is 5.91 Å². The van der Waals surface area contributed by atoms with Gasteiger partial charge < -0.3 is 19.7 Å². The summed E-state index contributed by atoms with van der Waals surface area (Å²) in [4.78, 5) is 38.2. The molecule has 1 atom stereocenters.